The van der Waals surface area contributed by atoms with Crippen LogP contribution in [0.5, 0.6) is 0 Å². The molecule has 0 spiro atoms. The van der Waals surface area contributed by atoms with Crippen LogP contribution in [0.4, 0.5) is 19.0 Å². The van der Waals surface area contributed by atoms with Gasteiger partial charge < -0.3 is 5.32 Å². The fourth-order valence-electron chi connectivity index (χ4n) is 3.28. The number of rotatable bonds is 4. The van der Waals surface area contributed by atoms with Gasteiger partial charge in [0.2, 0.25) is 0 Å². The van der Waals surface area contributed by atoms with Crippen molar-refractivity contribution in [3.05, 3.63) is 12.0 Å². The minimum Gasteiger partial charge on any atom is -0.366 e. The highest BCUT2D eigenvalue weighted by Crippen LogP contribution is 2.43. The molecule has 0 amide bonds. The monoisotopic (exact) mass is 361 g/mol. The molecule has 3 nitrogen and oxygen atoms in total. The van der Waals surface area contributed by atoms with Crippen LogP contribution >= 0.6 is 11.8 Å². The molecule has 1 N–H and O–H groups in total. The van der Waals surface area contributed by atoms with Gasteiger partial charge in [-0.25, -0.2) is 9.97 Å². The number of hydrogen-bond donors (Lipinski definition) is 1. The smallest absolute Gasteiger partial charge is 0.366 e. The molecule has 1 aromatic heterocycles. The third kappa shape index (κ3) is 5.26. The van der Waals surface area contributed by atoms with E-state index in [0.29, 0.717) is 23.9 Å². The first kappa shape index (κ1) is 19.3. The Balaban J connectivity index is 2.10. The molecular formula is C17H26F3N3S. The van der Waals surface area contributed by atoms with E-state index in [-0.39, 0.29) is 28.1 Å². The van der Waals surface area contributed by atoms with Crippen LogP contribution < -0.4 is 5.32 Å². The van der Waals surface area contributed by atoms with Crippen LogP contribution in [0.3, 0.4) is 0 Å². The molecule has 0 atom stereocenters. The zero-order valence-corrected chi connectivity index (χ0v) is 15.5. The normalized spacial score (nSPS) is 22.5. The molecule has 2 rings (SSSR count). The van der Waals surface area contributed by atoms with Crippen molar-refractivity contribution < 1.29 is 13.2 Å². The summed E-state index contributed by atoms with van der Waals surface area (Å²) in [5.74, 6) is 0.986. The molecule has 0 radical (unpaired) electrons. The van der Waals surface area contributed by atoms with Gasteiger partial charge in [0.1, 0.15) is 12.1 Å². The minimum atomic E-state index is -4.34. The summed E-state index contributed by atoms with van der Waals surface area (Å²) in [6.45, 7) is 8.56. The number of nitrogens with one attached hydrogen (secondary N) is 1. The Hall–Kier alpha value is -0.980. The van der Waals surface area contributed by atoms with E-state index in [2.05, 4.69) is 36.1 Å². The molecule has 1 aliphatic rings. The van der Waals surface area contributed by atoms with Gasteiger partial charge in [0, 0.05) is 6.04 Å². The summed E-state index contributed by atoms with van der Waals surface area (Å²) < 4.78 is 38.6. The molecule has 1 fully saturated rings. The Kier molecular flexibility index (Phi) is 6.04. The Labute approximate surface area is 146 Å². The summed E-state index contributed by atoms with van der Waals surface area (Å²) in [6.07, 6.45) is 5.91. The number of aryl methyl sites for hydroxylation is 1. The van der Waals surface area contributed by atoms with Gasteiger partial charge >= 0.3 is 5.51 Å². The zero-order chi connectivity index (χ0) is 18.0. The predicted molar refractivity (Wildman–Crippen MR) is 92.1 cm³/mol. The van der Waals surface area contributed by atoms with Crippen LogP contribution in [0, 0.1) is 11.3 Å². The molecule has 1 aromatic rings. The molecule has 0 unspecified atom stereocenters. The average molecular weight is 361 g/mol. The van der Waals surface area contributed by atoms with Gasteiger partial charge in [0.15, 0.2) is 0 Å². The average Bonchev–Trinajstić information content (AvgIpc) is 2.47. The lowest BCUT2D eigenvalue weighted by atomic mass is 9.71. The quantitative estimate of drug-likeness (QED) is 0.702. The summed E-state index contributed by atoms with van der Waals surface area (Å²) in [5.41, 5.74) is -3.61. The van der Waals surface area contributed by atoms with Crippen molar-refractivity contribution in [1.29, 1.82) is 0 Å². The lowest BCUT2D eigenvalue weighted by Crippen LogP contribution is -2.32. The van der Waals surface area contributed by atoms with Crippen LogP contribution in [-0.4, -0.2) is 21.5 Å². The van der Waals surface area contributed by atoms with Crippen LogP contribution in [0.1, 0.15) is 59.1 Å². The van der Waals surface area contributed by atoms with Crippen LogP contribution in [0.15, 0.2) is 11.2 Å². The van der Waals surface area contributed by atoms with E-state index in [1.807, 2.05) is 0 Å². The minimum absolute atomic E-state index is 0.116. The third-order valence-corrected chi connectivity index (χ3v) is 5.59. The fourth-order valence-corrected chi connectivity index (χ4v) is 4.04. The van der Waals surface area contributed by atoms with Crippen LogP contribution in [-0.2, 0) is 6.42 Å². The van der Waals surface area contributed by atoms with Crippen molar-refractivity contribution in [2.45, 2.75) is 76.2 Å². The summed E-state index contributed by atoms with van der Waals surface area (Å²) in [5, 5.41) is 3.25. The first-order valence-electron chi connectivity index (χ1n) is 8.46. The lowest BCUT2D eigenvalue weighted by molar-refractivity contribution is -0.0328. The second-order valence-corrected chi connectivity index (χ2v) is 8.53. The Bertz CT molecular complexity index is 547. The van der Waals surface area contributed by atoms with Crippen molar-refractivity contribution in [1.82, 2.24) is 9.97 Å². The number of halogens is 3. The summed E-state index contributed by atoms with van der Waals surface area (Å²) in [6, 6.07) is 0.177. The van der Waals surface area contributed by atoms with E-state index in [1.165, 1.54) is 6.33 Å². The van der Waals surface area contributed by atoms with Gasteiger partial charge in [0.05, 0.1) is 10.6 Å². The van der Waals surface area contributed by atoms with Gasteiger partial charge in [-0.1, -0.05) is 27.7 Å². The first-order chi connectivity index (χ1) is 11.1. The van der Waals surface area contributed by atoms with Crippen molar-refractivity contribution in [2.24, 2.45) is 11.3 Å². The highest BCUT2D eigenvalue weighted by molar-refractivity contribution is 8.00. The van der Waals surface area contributed by atoms with Gasteiger partial charge in [-0.15, -0.1) is 0 Å². The number of aromatic nitrogens is 2. The van der Waals surface area contributed by atoms with Crippen molar-refractivity contribution in [2.75, 3.05) is 5.32 Å². The molecule has 0 aliphatic heterocycles. The highest BCUT2D eigenvalue weighted by atomic mass is 32.2. The van der Waals surface area contributed by atoms with Crippen LogP contribution in [0.2, 0.25) is 0 Å². The van der Waals surface area contributed by atoms with Crippen molar-refractivity contribution in [3.8, 4) is 0 Å². The van der Waals surface area contributed by atoms with Crippen molar-refractivity contribution in [3.63, 3.8) is 0 Å². The largest absolute Gasteiger partial charge is 0.446 e. The van der Waals surface area contributed by atoms with E-state index >= 15 is 0 Å². The summed E-state index contributed by atoms with van der Waals surface area (Å²) in [7, 11) is 0. The maximum absolute atomic E-state index is 12.9. The van der Waals surface area contributed by atoms with Gasteiger partial charge in [-0.2, -0.15) is 13.2 Å². The number of nitrogens with zero attached hydrogens (tertiary/aromatic N) is 2. The Morgan fingerprint density at radius 3 is 2.25 bits per heavy atom. The first-order valence-corrected chi connectivity index (χ1v) is 9.28. The van der Waals surface area contributed by atoms with E-state index in [0.717, 1.165) is 25.7 Å². The van der Waals surface area contributed by atoms with Gasteiger partial charge in [-0.05, 0) is 55.2 Å². The van der Waals surface area contributed by atoms with E-state index in [1.54, 1.807) is 6.92 Å². The van der Waals surface area contributed by atoms with E-state index in [9.17, 15) is 13.2 Å². The van der Waals surface area contributed by atoms with Crippen LogP contribution in [0.25, 0.3) is 0 Å². The molecule has 0 saturated heterocycles. The molecule has 1 heterocycles. The molecule has 1 aliphatic carbocycles. The topological polar surface area (TPSA) is 37.8 Å². The number of anilines is 1. The van der Waals surface area contributed by atoms with E-state index in [4.69, 9.17) is 0 Å². The number of hydrogen-bond acceptors (Lipinski definition) is 4. The molecule has 0 bridgehead atoms. The lowest BCUT2D eigenvalue weighted by Gasteiger charge is -2.37. The zero-order valence-electron chi connectivity index (χ0n) is 14.7. The Morgan fingerprint density at radius 1 is 1.12 bits per heavy atom. The third-order valence-electron chi connectivity index (χ3n) is 4.72. The predicted octanol–water partition coefficient (Wildman–Crippen LogP) is 5.67. The molecule has 136 valence electrons. The van der Waals surface area contributed by atoms with Gasteiger partial charge in [0.25, 0.3) is 0 Å². The Morgan fingerprint density at radius 2 is 1.75 bits per heavy atom. The maximum atomic E-state index is 12.9. The maximum Gasteiger partial charge on any atom is 0.446 e. The molecule has 7 heteroatoms. The van der Waals surface area contributed by atoms with E-state index < -0.39 is 5.51 Å². The van der Waals surface area contributed by atoms with Gasteiger partial charge in [-0.3, -0.25) is 0 Å². The number of thioether (sulfide) groups is 1. The second-order valence-electron chi connectivity index (χ2n) is 7.46. The second kappa shape index (κ2) is 7.50. The SMILES string of the molecule is CCc1ncnc(N[C@H]2CC[C@@H](C(C)(C)C)CC2)c1SC(F)(F)F. The standard InChI is InChI=1S/C17H26F3N3S/c1-5-13-14(24-17(18,19)20)15(22-10-21-13)23-12-8-6-11(7-9-12)16(2,3)4/h10-12H,5-9H2,1-4H3,(H,21,22,23)/t11-,12+. The fraction of sp³-hybridized carbons (Fsp3) is 0.765. The van der Waals surface area contributed by atoms with Crippen molar-refractivity contribution >= 4 is 17.6 Å². The highest BCUT2D eigenvalue weighted by Gasteiger charge is 2.34. The molecule has 1 saturated carbocycles. The number of alkyl halides is 3. The molecule has 24 heavy (non-hydrogen) atoms. The summed E-state index contributed by atoms with van der Waals surface area (Å²) in [4.78, 5) is 8.21. The summed E-state index contributed by atoms with van der Waals surface area (Å²) >= 11 is -0.116. The molecule has 0 aromatic carbocycles. The molecular weight excluding hydrogens is 335 g/mol.